The zero-order valence-corrected chi connectivity index (χ0v) is 13.9. The molecule has 5 nitrogen and oxygen atoms in total. The third-order valence-electron chi connectivity index (χ3n) is 2.54. The highest BCUT2D eigenvalue weighted by Crippen LogP contribution is 2.13. The van der Waals surface area contributed by atoms with Gasteiger partial charge in [0.25, 0.3) is 0 Å². The van der Waals surface area contributed by atoms with Crippen LogP contribution in [0.15, 0.2) is 0 Å². The Labute approximate surface area is 142 Å². The number of rotatable bonds is 8. The summed E-state index contributed by atoms with van der Waals surface area (Å²) < 4.78 is 63.5. The van der Waals surface area contributed by atoms with Crippen molar-refractivity contribution < 1.29 is 46.1 Å². The van der Waals surface area contributed by atoms with Gasteiger partial charge >= 0.3 is 24.3 Å². The molecule has 4 N–H and O–H groups in total. The lowest BCUT2D eigenvalue weighted by Gasteiger charge is -1.99. The summed E-state index contributed by atoms with van der Waals surface area (Å²) in [5.41, 5.74) is 5.39. The zero-order chi connectivity index (χ0) is 20.5. The van der Waals surface area contributed by atoms with Gasteiger partial charge in [0, 0.05) is 0 Å². The molecule has 0 spiro atoms. The summed E-state index contributed by atoms with van der Waals surface area (Å²) in [6, 6.07) is 0. The van der Waals surface area contributed by atoms with E-state index in [1.54, 1.807) is 0 Å². The second kappa shape index (κ2) is 16.0. The summed E-state index contributed by atoms with van der Waals surface area (Å²) in [7, 11) is 0. The highest BCUT2D eigenvalue weighted by atomic mass is 19.4. The molecule has 0 atom stereocenters. The van der Waals surface area contributed by atoms with Crippen LogP contribution in [0.4, 0.5) is 26.3 Å². The minimum absolute atomic E-state index is 0.870. The molecular weight excluding hydrogens is 360 g/mol. The van der Waals surface area contributed by atoms with E-state index in [1.807, 2.05) is 0 Å². The van der Waals surface area contributed by atoms with Crippen LogP contribution in [0.25, 0.3) is 0 Å². The fourth-order valence-electron chi connectivity index (χ4n) is 1.28. The zero-order valence-electron chi connectivity index (χ0n) is 13.9. The second-order valence-corrected chi connectivity index (χ2v) is 4.87. The minimum Gasteiger partial charge on any atom is -0.475 e. The lowest BCUT2D eigenvalue weighted by Crippen LogP contribution is -2.21. The molecule has 0 saturated heterocycles. The van der Waals surface area contributed by atoms with Crippen LogP contribution in [0.3, 0.4) is 0 Å². The smallest absolute Gasteiger partial charge is 0.475 e. The van der Waals surface area contributed by atoms with E-state index in [2.05, 4.69) is 6.92 Å². The van der Waals surface area contributed by atoms with Crippen molar-refractivity contribution in [1.82, 2.24) is 0 Å². The Balaban J connectivity index is -0.000000304. The monoisotopic (exact) mass is 385 g/mol. The number of hydrogen-bond acceptors (Lipinski definition) is 3. The molecule has 0 heterocycles. The Morgan fingerprint density at radius 1 is 0.720 bits per heavy atom. The van der Waals surface area contributed by atoms with Gasteiger partial charge in [-0.05, 0) is 13.0 Å². The van der Waals surface area contributed by atoms with Crippen molar-refractivity contribution in [2.24, 2.45) is 5.73 Å². The van der Waals surface area contributed by atoms with Gasteiger partial charge in [-0.2, -0.15) is 26.3 Å². The predicted octanol–water partition coefficient (Wildman–Crippen LogP) is 4.35. The Hall–Kier alpha value is -1.52. The number of unbranched alkanes of at least 4 members (excludes halogenated alkanes) is 7. The van der Waals surface area contributed by atoms with E-state index < -0.39 is 24.3 Å². The number of nitrogens with two attached hydrogens (primary N) is 1. The van der Waals surface area contributed by atoms with Gasteiger partial charge in [-0.3, -0.25) is 0 Å². The van der Waals surface area contributed by atoms with Crippen molar-refractivity contribution in [2.45, 2.75) is 70.6 Å². The molecule has 0 aromatic rings. The Morgan fingerprint density at radius 2 is 0.960 bits per heavy atom. The van der Waals surface area contributed by atoms with Crippen LogP contribution < -0.4 is 5.73 Å². The third-order valence-corrected chi connectivity index (χ3v) is 2.54. The first kappa shape index (κ1) is 28.3. The average molecular weight is 385 g/mol. The van der Waals surface area contributed by atoms with Gasteiger partial charge in [0.15, 0.2) is 0 Å². The van der Waals surface area contributed by atoms with Gasteiger partial charge in [0.05, 0.1) is 0 Å². The quantitative estimate of drug-likeness (QED) is 0.426. The van der Waals surface area contributed by atoms with Crippen LogP contribution in [0.5, 0.6) is 0 Å². The Morgan fingerprint density at radius 3 is 1.16 bits per heavy atom. The normalized spacial score (nSPS) is 10.9. The molecule has 0 radical (unpaired) electrons. The summed E-state index contributed by atoms with van der Waals surface area (Å²) in [6.45, 7) is 3.13. The molecule has 0 saturated carbocycles. The van der Waals surface area contributed by atoms with Crippen molar-refractivity contribution in [3.05, 3.63) is 0 Å². The second-order valence-electron chi connectivity index (χ2n) is 4.87. The number of alkyl halides is 6. The maximum absolute atomic E-state index is 10.6. The molecule has 0 bridgehead atoms. The number of hydrogen-bond donors (Lipinski definition) is 3. The fourth-order valence-corrected chi connectivity index (χ4v) is 1.28. The average Bonchev–Trinajstić information content (AvgIpc) is 2.45. The van der Waals surface area contributed by atoms with Crippen molar-refractivity contribution in [3.8, 4) is 0 Å². The highest BCUT2D eigenvalue weighted by molar-refractivity contribution is 5.73. The van der Waals surface area contributed by atoms with Crippen LogP contribution in [-0.4, -0.2) is 41.0 Å². The van der Waals surface area contributed by atoms with Crippen molar-refractivity contribution >= 4 is 11.9 Å². The van der Waals surface area contributed by atoms with E-state index in [-0.39, 0.29) is 0 Å². The first-order valence-corrected chi connectivity index (χ1v) is 7.60. The number of carbonyl (C=O) groups is 2. The van der Waals surface area contributed by atoms with Crippen molar-refractivity contribution in [2.75, 3.05) is 6.54 Å². The molecule has 25 heavy (non-hydrogen) atoms. The molecule has 0 aromatic heterocycles. The fraction of sp³-hybridized carbons (Fsp3) is 0.857. The van der Waals surface area contributed by atoms with Gasteiger partial charge in [0.2, 0.25) is 0 Å². The maximum Gasteiger partial charge on any atom is 0.490 e. The largest absolute Gasteiger partial charge is 0.490 e. The predicted molar refractivity (Wildman–Crippen MR) is 79.0 cm³/mol. The molecule has 152 valence electrons. The summed E-state index contributed by atoms with van der Waals surface area (Å²) in [6.07, 6.45) is 0.814. The standard InChI is InChI=1S/C10H23N.2C2HF3O2/c1-2-3-4-5-6-7-8-9-10-11;2*3-2(4,5)1(6)7/h2-11H2,1H3;2*(H,6,7). The summed E-state index contributed by atoms with van der Waals surface area (Å²) in [5, 5.41) is 14.2. The number of aliphatic carboxylic acids is 2. The summed E-state index contributed by atoms with van der Waals surface area (Å²) >= 11 is 0. The maximum atomic E-state index is 10.6. The van der Waals surface area contributed by atoms with Crippen LogP contribution in [0.2, 0.25) is 0 Å². The van der Waals surface area contributed by atoms with Gasteiger partial charge in [0.1, 0.15) is 0 Å². The van der Waals surface area contributed by atoms with E-state index in [1.165, 1.54) is 51.4 Å². The molecule has 0 aliphatic carbocycles. The number of carboxylic acid groups (broad SMARTS) is 2. The molecular formula is C14H25F6NO4. The summed E-state index contributed by atoms with van der Waals surface area (Å²) in [4.78, 5) is 17.8. The number of halogens is 6. The Kier molecular flexibility index (Phi) is 18.1. The first-order chi connectivity index (χ1) is 11.3. The van der Waals surface area contributed by atoms with E-state index in [0.29, 0.717) is 0 Å². The van der Waals surface area contributed by atoms with Crippen LogP contribution in [0, 0.1) is 0 Å². The lowest BCUT2D eigenvalue weighted by molar-refractivity contribution is -0.193. The van der Waals surface area contributed by atoms with E-state index in [0.717, 1.165) is 6.54 Å². The van der Waals surface area contributed by atoms with Gasteiger partial charge < -0.3 is 15.9 Å². The van der Waals surface area contributed by atoms with Gasteiger partial charge in [-0.1, -0.05) is 51.9 Å². The lowest BCUT2D eigenvalue weighted by atomic mass is 10.1. The molecule has 0 aliphatic heterocycles. The molecule has 0 aliphatic rings. The van der Waals surface area contributed by atoms with Crippen LogP contribution in [0.1, 0.15) is 58.3 Å². The summed E-state index contributed by atoms with van der Waals surface area (Å²) in [5.74, 6) is -5.51. The topological polar surface area (TPSA) is 101 Å². The SMILES string of the molecule is CCCCCCCCCCN.O=C(O)C(F)(F)F.O=C(O)C(F)(F)F. The van der Waals surface area contributed by atoms with E-state index in [4.69, 9.17) is 25.5 Å². The molecule has 11 heteroatoms. The Bertz CT molecular complexity index is 313. The highest BCUT2D eigenvalue weighted by Gasteiger charge is 2.38. The minimum atomic E-state index is -5.08. The van der Waals surface area contributed by atoms with E-state index >= 15 is 0 Å². The van der Waals surface area contributed by atoms with E-state index in [9.17, 15) is 26.3 Å². The van der Waals surface area contributed by atoms with Crippen molar-refractivity contribution in [3.63, 3.8) is 0 Å². The molecule has 0 fully saturated rings. The molecule has 0 rings (SSSR count). The van der Waals surface area contributed by atoms with Gasteiger partial charge in [-0.25, -0.2) is 9.59 Å². The van der Waals surface area contributed by atoms with Gasteiger partial charge in [-0.15, -0.1) is 0 Å². The molecule has 0 amide bonds. The van der Waals surface area contributed by atoms with Crippen molar-refractivity contribution in [1.29, 1.82) is 0 Å². The van der Waals surface area contributed by atoms with Crippen LogP contribution >= 0.6 is 0 Å². The first-order valence-electron chi connectivity index (χ1n) is 7.60. The molecule has 0 aromatic carbocycles. The number of carboxylic acids is 2. The third kappa shape index (κ3) is 27.6. The molecule has 0 unspecified atom stereocenters. The van der Waals surface area contributed by atoms with Crippen LogP contribution in [-0.2, 0) is 9.59 Å².